The van der Waals surface area contributed by atoms with E-state index in [1.165, 1.54) is 12.8 Å². The Hall–Kier alpha value is -0.0800. The van der Waals surface area contributed by atoms with Gasteiger partial charge in [0.2, 0.25) is 0 Å². The number of hydrogen-bond acceptors (Lipinski definition) is 2. The minimum absolute atomic E-state index is 0.661. The molecule has 0 fully saturated rings. The van der Waals surface area contributed by atoms with Crippen LogP contribution in [0.15, 0.2) is 0 Å². The minimum atomic E-state index is 0.661. The van der Waals surface area contributed by atoms with Crippen LogP contribution in [0.2, 0.25) is 0 Å². The van der Waals surface area contributed by atoms with Crippen molar-refractivity contribution in [3.05, 3.63) is 0 Å². The summed E-state index contributed by atoms with van der Waals surface area (Å²) in [4.78, 5) is 0. The molecule has 0 radical (unpaired) electrons. The third kappa shape index (κ3) is 7.82. The van der Waals surface area contributed by atoms with E-state index in [9.17, 15) is 0 Å². The number of nitrogens with one attached hydrogen (secondary N) is 2. The molecule has 11 heavy (non-hydrogen) atoms. The lowest BCUT2D eigenvalue weighted by Gasteiger charge is -2.12. The van der Waals surface area contributed by atoms with E-state index in [0.29, 0.717) is 6.04 Å². The third-order valence-electron chi connectivity index (χ3n) is 1.75. The largest absolute Gasteiger partial charge is 0.317 e. The summed E-state index contributed by atoms with van der Waals surface area (Å²) in [6, 6.07) is 0.661. The molecule has 2 heteroatoms. The molecule has 0 aliphatic heterocycles. The summed E-state index contributed by atoms with van der Waals surface area (Å²) in [6.45, 7) is 9.95. The summed E-state index contributed by atoms with van der Waals surface area (Å²) >= 11 is 0. The fraction of sp³-hybridized carbons (Fsp3) is 1.00. The highest BCUT2D eigenvalue weighted by molar-refractivity contribution is 4.60. The first-order chi connectivity index (χ1) is 5.31. The first kappa shape index (κ1) is 10.9. The minimum Gasteiger partial charge on any atom is -0.317 e. The normalized spacial score (nSPS) is 13.4. The van der Waals surface area contributed by atoms with Crippen LogP contribution in [-0.2, 0) is 0 Å². The predicted molar refractivity (Wildman–Crippen MR) is 50.9 cm³/mol. The Bertz CT molecular complexity index is 74.0. The van der Waals surface area contributed by atoms with E-state index in [1.807, 2.05) is 0 Å². The van der Waals surface area contributed by atoms with Gasteiger partial charge in [-0.2, -0.15) is 0 Å². The maximum atomic E-state index is 3.45. The van der Waals surface area contributed by atoms with Crippen LogP contribution in [0.5, 0.6) is 0 Å². The second-order valence-electron chi connectivity index (χ2n) is 3.00. The second kappa shape index (κ2) is 8.02. The van der Waals surface area contributed by atoms with Gasteiger partial charge < -0.3 is 10.6 Å². The zero-order valence-electron chi connectivity index (χ0n) is 8.11. The van der Waals surface area contributed by atoms with Crippen molar-refractivity contribution in [2.24, 2.45) is 0 Å². The van der Waals surface area contributed by atoms with Gasteiger partial charge in [-0.15, -0.1) is 0 Å². The van der Waals surface area contributed by atoms with Gasteiger partial charge in [-0.05, 0) is 39.4 Å². The number of rotatable bonds is 7. The number of hydrogen-bond donors (Lipinski definition) is 2. The van der Waals surface area contributed by atoms with Gasteiger partial charge in [-0.3, -0.25) is 0 Å². The lowest BCUT2D eigenvalue weighted by molar-refractivity contribution is 0.496. The van der Waals surface area contributed by atoms with Crippen LogP contribution in [-0.4, -0.2) is 25.7 Å². The Labute approximate surface area is 70.8 Å². The van der Waals surface area contributed by atoms with Crippen molar-refractivity contribution < 1.29 is 0 Å². The van der Waals surface area contributed by atoms with Crippen LogP contribution in [0, 0.1) is 0 Å². The van der Waals surface area contributed by atoms with Gasteiger partial charge in [0, 0.05) is 6.04 Å². The molecule has 0 spiro atoms. The van der Waals surface area contributed by atoms with Gasteiger partial charge in [-0.1, -0.05) is 13.8 Å². The van der Waals surface area contributed by atoms with Gasteiger partial charge in [-0.25, -0.2) is 0 Å². The van der Waals surface area contributed by atoms with Gasteiger partial charge in [0.1, 0.15) is 0 Å². The van der Waals surface area contributed by atoms with Crippen LogP contribution in [0.3, 0.4) is 0 Å². The Morgan fingerprint density at radius 2 is 1.91 bits per heavy atom. The molecule has 68 valence electrons. The SMILES string of the molecule is CCCNC(C)CCNCC. The summed E-state index contributed by atoms with van der Waals surface area (Å²) in [5.41, 5.74) is 0. The standard InChI is InChI=1S/C9H22N2/c1-4-7-11-9(3)6-8-10-5-2/h9-11H,4-8H2,1-3H3. The van der Waals surface area contributed by atoms with Crippen LogP contribution >= 0.6 is 0 Å². The molecule has 0 bridgehead atoms. The molecule has 0 saturated heterocycles. The summed E-state index contributed by atoms with van der Waals surface area (Å²) < 4.78 is 0. The van der Waals surface area contributed by atoms with Gasteiger partial charge in [0.05, 0.1) is 0 Å². The fourth-order valence-corrected chi connectivity index (χ4v) is 0.988. The van der Waals surface area contributed by atoms with Crippen LogP contribution < -0.4 is 10.6 Å². The molecule has 0 amide bonds. The lowest BCUT2D eigenvalue weighted by atomic mass is 10.2. The van der Waals surface area contributed by atoms with E-state index in [2.05, 4.69) is 31.4 Å². The monoisotopic (exact) mass is 158 g/mol. The van der Waals surface area contributed by atoms with Crippen molar-refractivity contribution in [1.29, 1.82) is 0 Å². The van der Waals surface area contributed by atoms with E-state index in [4.69, 9.17) is 0 Å². The molecule has 0 aromatic heterocycles. The van der Waals surface area contributed by atoms with Crippen LogP contribution in [0.4, 0.5) is 0 Å². The Balaban J connectivity index is 3.02. The molecule has 0 rings (SSSR count). The third-order valence-corrected chi connectivity index (χ3v) is 1.75. The topological polar surface area (TPSA) is 24.1 Å². The van der Waals surface area contributed by atoms with Crippen molar-refractivity contribution >= 4 is 0 Å². The van der Waals surface area contributed by atoms with Gasteiger partial charge in [0.25, 0.3) is 0 Å². The Morgan fingerprint density at radius 3 is 2.45 bits per heavy atom. The summed E-state index contributed by atoms with van der Waals surface area (Å²) in [6.07, 6.45) is 2.46. The highest BCUT2D eigenvalue weighted by atomic mass is 14.9. The van der Waals surface area contributed by atoms with Crippen molar-refractivity contribution in [1.82, 2.24) is 10.6 Å². The molecule has 1 atom stereocenters. The summed E-state index contributed by atoms with van der Waals surface area (Å²) in [5.74, 6) is 0. The van der Waals surface area contributed by atoms with E-state index in [0.717, 1.165) is 19.6 Å². The highest BCUT2D eigenvalue weighted by Crippen LogP contribution is 1.88. The average Bonchev–Trinajstić information content (AvgIpc) is 2.01. The lowest BCUT2D eigenvalue weighted by Crippen LogP contribution is -2.30. The quantitative estimate of drug-likeness (QED) is 0.547. The molecule has 0 aliphatic carbocycles. The van der Waals surface area contributed by atoms with Crippen molar-refractivity contribution in [3.8, 4) is 0 Å². The average molecular weight is 158 g/mol. The van der Waals surface area contributed by atoms with Crippen molar-refractivity contribution in [2.75, 3.05) is 19.6 Å². The Morgan fingerprint density at radius 1 is 1.18 bits per heavy atom. The smallest absolute Gasteiger partial charge is 0.00508 e. The van der Waals surface area contributed by atoms with E-state index < -0.39 is 0 Å². The molecule has 2 nitrogen and oxygen atoms in total. The van der Waals surface area contributed by atoms with Gasteiger partial charge in [0.15, 0.2) is 0 Å². The summed E-state index contributed by atoms with van der Waals surface area (Å²) in [5, 5.41) is 6.77. The van der Waals surface area contributed by atoms with Crippen LogP contribution in [0.1, 0.15) is 33.6 Å². The molecular formula is C9H22N2. The molecular weight excluding hydrogens is 136 g/mol. The maximum Gasteiger partial charge on any atom is 0.00508 e. The molecule has 0 aromatic rings. The zero-order chi connectivity index (χ0) is 8.53. The fourth-order valence-electron chi connectivity index (χ4n) is 0.988. The van der Waals surface area contributed by atoms with E-state index >= 15 is 0 Å². The molecule has 0 saturated carbocycles. The predicted octanol–water partition coefficient (Wildman–Crippen LogP) is 1.37. The van der Waals surface area contributed by atoms with Crippen molar-refractivity contribution in [2.45, 2.75) is 39.7 Å². The van der Waals surface area contributed by atoms with E-state index in [-0.39, 0.29) is 0 Å². The van der Waals surface area contributed by atoms with E-state index in [1.54, 1.807) is 0 Å². The molecule has 0 aliphatic rings. The van der Waals surface area contributed by atoms with Gasteiger partial charge >= 0.3 is 0 Å². The first-order valence-corrected chi connectivity index (χ1v) is 4.75. The van der Waals surface area contributed by atoms with Crippen molar-refractivity contribution in [3.63, 3.8) is 0 Å². The maximum absolute atomic E-state index is 3.45. The highest BCUT2D eigenvalue weighted by Gasteiger charge is 1.97. The molecule has 0 heterocycles. The molecule has 2 N–H and O–H groups in total. The zero-order valence-corrected chi connectivity index (χ0v) is 8.11. The molecule has 1 unspecified atom stereocenters. The summed E-state index contributed by atoms with van der Waals surface area (Å²) in [7, 11) is 0. The Kier molecular flexibility index (Phi) is 7.96. The molecule has 0 aromatic carbocycles. The van der Waals surface area contributed by atoms with Crippen LogP contribution in [0.25, 0.3) is 0 Å². The second-order valence-corrected chi connectivity index (χ2v) is 3.00. The first-order valence-electron chi connectivity index (χ1n) is 4.75.